The van der Waals surface area contributed by atoms with Crippen molar-refractivity contribution in [1.82, 2.24) is 5.32 Å². The molecule has 0 saturated carbocycles. The molecule has 0 aliphatic carbocycles. The molecule has 2 nitrogen and oxygen atoms in total. The summed E-state index contributed by atoms with van der Waals surface area (Å²) in [4.78, 5) is 0. The SMILES string of the molecule is Brc1cccc2c1CO[C@@H]1CNC[C@H]21. The van der Waals surface area contributed by atoms with Crippen LogP contribution < -0.4 is 5.32 Å². The lowest BCUT2D eigenvalue weighted by atomic mass is 9.90. The first-order valence-corrected chi connectivity index (χ1v) is 5.75. The van der Waals surface area contributed by atoms with Crippen LogP contribution in [0.15, 0.2) is 22.7 Å². The molecule has 3 heteroatoms. The van der Waals surface area contributed by atoms with Crippen LogP contribution in [0.4, 0.5) is 0 Å². The molecule has 0 unspecified atom stereocenters. The van der Waals surface area contributed by atoms with Crippen LogP contribution in [0.2, 0.25) is 0 Å². The quantitative estimate of drug-likeness (QED) is 0.764. The van der Waals surface area contributed by atoms with Crippen molar-refractivity contribution in [2.75, 3.05) is 13.1 Å². The van der Waals surface area contributed by atoms with Crippen molar-refractivity contribution in [3.8, 4) is 0 Å². The minimum atomic E-state index is 0.386. The third-order valence-electron chi connectivity index (χ3n) is 3.15. The van der Waals surface area contributed by atoms with Gasteiger partial charge < -0.3 is 10.1 Å². The Bertz CT molecular complexity index is 366. The highest BCUT2D eigenvalue weighted by molar-refractivity contribution is 9.10. The molecule has 2 atom stereocenters. The van der Waals surface area contributed by atoms with Gasteiger partial charge in [-0.05, 0) is 17.2 Å². The van der Waals surface area contributed by atoms with E-state index < -0.39 is 0 Å². The van der Waals surface area contributed by atoms with Gasteiger partial charge in [-0.1, -0.05) is 28.1 Å². The fraction of sp³-hybridized carbons (Fsp3) is 0.455. The monoisotopic (exact) mass is 253 g/mol. The third kappa shape index (κ3) is 1.23. The number of ether oxygens (including phenoxy) is 1. The van der Waals surface area contributed by atoms with Crippen molar-refractivity contribution in [1.29, 1.82) is 0 Å². The number of nitrogens with one attached hydrogen (secondary N) is 1. The number of benzene rings is 1. The van der Waals surface area contributed by atoms with E-state index in [1.807, 2.05) is 0 Å². The van der Waals surface area contributed by atoms with Crippen molar-refractivity contribution < 1.29 is 4.74 Å². The molecule has 0 aromatic heterocycles. The van der Waals surface area contributed by atoms with Crippen LogP contribution in [0.25, 0.3) is 0 Å². The molecule has 1 fully saturated rings. The van der Waals surface area contributed by atoms with Crippen molar-refractivity contribution in [2.24, 2.45) is 0 Å². The van der Waals surface area contributed by atoms with Gasteiger partial charge in [-0.25, -0.2) is 0 Å². The molecule has 14 heavy (non-hydrogen) atoms. The number of hydrogen-bond donors (Lipinski definition) is 1. The van der Waals surface area contributed by atoms with E-state index >= 15 is 0 Å². The van der Waals surface area contributed by atoms with Crippen LogP contribution in [0.1, 0.15) is 17.0 Å². The van der Waals surface area contributed by atoms with Gasteiger partial charge in [-0.2, -0.15) is 0 Å². The van der Waals surface area contributed by atoms with E-state index in [0.717, 1.165) is 19.7 Å². The number of fused-ring (bicyclic) bond motifs is 3. The predicted octanol–water partition coefficient (Wildman–Crippen LogP) is 2.03. The highest BCUT2D eigenvalue weighted by atomic mass is 79.9. The van der Waals surface area contributed by atoms with Gasteiger partial charge in [0.1, 0.15) is 0 Å². The second-order valence-corrected chi connectivity index (χ2v) is 4.78. The molecule has 74 valence electrons. The zero-order valence-electron chi connectivity index (χ0n) is 7.79. The predicted molar refractivity (Wildman–Crippen MR) is 58.3 cm³/mol. The van der Waals surface area contributed by atoms with Gasteiger partial charge >= 0.3 is 0 Å². The maximum Gasteiger partial charge on any atom is 0.0784 e. The third-order valence-corrected chi connectivity index (χ3v) is 3.90. The Hall–Kier alpha value is -0.380. The van der Waals surface area contributed by atoms with Gasteiger partial charge in [0.15, 0.2) is 0 Å². The van der Waals surface area contributed by atoms with E-state index in [2.05, 4.69) is 39.4 Å². The average Bonchev–Trinajstić information content (AvgIpc) is 2.66. The van der Waals surface area contributed by atoms with Crippen LogP contribution in [-0.2, 0) is 11.3 Å². The first-order valence-electron chi connectivity index (χ1n) is 4.96. The second kappa shape index (κ2) is 3.33. The minimum Gasteiger partial charge on any atom is -0.371 e. The van der Waals surface area contributed by atoms with Crippen molar-refractivity contribution in [2.45, 2.75) is 18.6 Å². The van der Waals surface area contributed by atoms with Crippen molar-refractivity contribution in [3.05, 3.63) is 33.8 Å². The summed E-state index contributed by atoms with van der Waals surface area (Å²) in [7, 11) is 0. The normalized spacial score (nSPS) is 29.8. The fourth-order valence-corrected chi connectivity index (χ4v) is 2.90. The van der Waals surface area contributed by atoms with E-state index in [-0.39, 0.29) is 0 Å². The summed E-state index contributed by atoms with van der Waals surface area (Å²) < 4.78 is 7.00. The molecule has 2 heterocycles. The van der Waals surface area contributed by atoms with E-state index in [1.165, 1.54) is 15.6 Å². The number of halogens is 1. The number of rotatable bonds is 0. The van der Waals surface area contributed by atoms with Gasteiger partial charge in [0.05, 0.1) is 12.7 Å². The summed E-state index contributed by atoms with van der Waals surface area (Å²) in [5.41, 5.74) is 2.79. The lowest BCUT2D eigenvalue weighted by Gasteiger charge is -2.28. The summed E-state index contributed by atoms with van der Waals surface area (Å²) in [5.74, 6) is 0.552. The van der Waals surface area contributed by atoms with Crippen molar-refractivity contribution >= 4 is 15.9 Å². The number of hydrogen-bond acceptors (Lipinski definition) is 2. The molecule has 1 saturated heterocycles. The molecule has 1 aromatic rings. The first-order chi connectivity index (χ1) is 6.86. The topological polar surface area (TPSA) is 21.3 Å². The Morgan fingerprint density at radius 2 is 2.29 bits per heavy atom. The smallest absolute Gasteiger partial charge is 0.0784 e. The second-order valence-electron chi connectivity index (χ2n) is 3.92. The lowest BCUT2D eigenvalue weighted by molar-refractivity contribution is 0.0295. The van der Waals surface area contributed by atoms with Gasteiger partial charge in [0, 0.05) is 23.5 Å². The Labute approximate surface area is 91.8 Å². The molecule has 2 aliphatic rings. The summed E-state index contributed by atoms with van der Waals surface area (Å²) >= 11 is 3.58. The van der Waals surface area contributed by atoms with Gasteiger partial charge in [-0.15, -0.1) is 0 Å². The minimum absolute atomic E-state index is 0.386. The Kier molecular flexibility index (Phi) is 2.11. The highest BCUT2D eigenvalue weighted by Crippen LogP contribution is 2.36. The lowest BCUT2D eigenvalue weighted by Crippen LogP contribution is -2.26. The molecule has 0 amide bonds. The van der Waals surface area contributed by atoms with Crippen molar-refractivity contribution in [3.63, 3.8) is 0 Å². The summed E-state index contributed by atoms with van der Waals surface area (Å²) in [6.45, 7) is 2.80. The summed E-state index contributed by atoms with van der Waals surface area (Å²) in [5, 5.41) is 3.38. The van der Waals surface area contributed by atoms with E-state index in [1.54, 1.807) is 0 Å². The first kappa shape index (κ1) is 8.89. The van der Waals surface area contributed by atoms with Crippen LogP contribution in [-0.4, -0.2) is 19.2 Å². The molecular formula is C11H12BrNO. The maximum atomic E-state index is 5.82. The molecule has 1 aromatic carbocycles. The highest BCUT2D eigenvalue weighted by Gasteiger charge is 2.34. The Balaban J connectivity index is 2.09. The van der Waals surface area contributed by atoms with E-state index in [0.29, 0.717) is 12.0 Å². The molecule has 1 N–H and O–H groups in total. The Morgan fingerprint density at radius 1 is 1.36 bits per heavy atom. The van der Waals surface area contributed by atoms with Crippen LogP contribution in [0.3, 0.4) is 0 Å². The molecular weight excluding hydrogens is 242 g/mol. The fourth-order valence-electron chi connectivity index (χ4n) is 2.41. The largest absolute Gasteiger partial charge is 0.371 e. The standard InChI is InChI=1S/C11H12BrNO/c12-10-3-1-2-7-8-4-13-5-11(8)14-6-9(7)10/h1-3,8,11,13H,4-6H2/t8-,11-/m1/s1. The van der Waals surface area contributed by atoms with Crippen LogP contribution >= 0.6 is 15.9 Å². The zero-order chi connectivity index (χ0) is 9.54. The van der Waals surface area contributed by atoms with Gasteiger partial charge in [0.25, 0.3) is 0 Å². The summed E-state index contributed by atoms with van der Waals surface area (Å²) in [6, 6.07) is 6.43. The molecule has 0 radical (unpaired) electrons. The molecule has 0 spiro atoms. The summed E-state index contributed by atoms with van der Waals surface area (Å²) in [6.07, 6.45) is 0.386. The zero-order valence-corrected chi connectivity index (χ0v) is 9.38. The van der Waals surface area contributed by atoms with Gasteiger partial charge in [-0.3, -0.25) is 0 Å². The molecule has 2 aliphatic heterocycles. The maximum absolute atomic E-state index is 5.82. The average molecular weight is 254 g/mol. The molecule has 0 bridgehead atoms. The van der Waals surface area contributed by atoms with E-state index in [4.69, 9.17) is 4.74 Å². The van der Waals surface area contributed by atoms with Crippen LogP contribution in [0.5, 0.6) is 0 Å². The molecule has 3 rings (SSSR count). The van der Waals surface area contributed by atoms with Crippen LogP contribution in [0, 0.1) is 0 Å². The van der Waals surface area contributed by atoms with Gasteiger partial charge in [0.2, 0.25) is 0 Å². The Morgan fingerprint density at radius 3 is 3.21 bits per heavy atom. The van der Waals surface area contributed by atoms with E-state index in [9.17, 15) is 0 Å².